The molecule has 4 rings (SSSR count). The van der Waals surface area contributed by atoms with E-state index in [1.807, 2.05) is 0 Å². The molecule has 0 heterocycles. The number of hydrogen-bond acceptors (Lipinski definition) is 14. The number of ether oxygens (including phenoxy) is 4. The van der Waals surface area contributed by atoms with Crippen LogP contribution in [0.2, 0.25) is 0 Å². The van der Waals surface area contributed by atoms with Crippen molar-refractivity contribution in [3.05, 3.63) is 0 Å². The molecule has 0 aromatic rings. The molecule has 0 radical (unpaired) electrons. The highest BCUT2D eigenvalue weighted by molar-refractivity contribution is 7.54. The van der Waals surface area contributed by atoms with E-state index in [2.05, 4.69) is 0 Å². The average molecular weight is 793 g/mol. The van der Waals surface area contributed by atoms with Crippen molar-refractivity contribution in [3.8, 4) is 0 Å². The molecule has 4 saturated carbocycles. The third kappa shape index (κ3) is 18.1. The summed E-state index contributed by atoms with van der Waals surface area (Å²) in [6.07, 6.45) is 18.1. The lowest BCUT2D eigenvalue weighted by Crippen LogP contribution is -2.25. The van der Waals surface area contributed by atoms with Gasteiger partial charge in [-0.25, -0.2) is 19.2 Å². The molecule has 0 saturated heterocycles. The number of rotatable bonds is 22. The van der Waals surface area contributed by atoms with Gasteiger partial charge in [0.2, 0.25) is 0 Å². The first kappa shape index (κ1) is 43.9. The SMILES string of the molecule is O=C(COP(=O)(CCCCCP(=O)(OCC(=O)OC1CCCCC1)OCC(=O)OC1CCCCC1)OCC(=O)OC1CCCCC1)OC1CCCCC1. The Morgan fingerprint density at radius 1 is 0.358 bits per heavy atom. The fourth-order valence-electron chi connectivity index (χ4n) is 7.34. The number of carbonyl (C=O) groups excluding carboxylic acids is 4. The van der Waals surface area contributed by atoms with Gasteiger partial charge < -0.3 is 18.9 Å². The van der Waals surface area contributed by atoms with Gasteiger partial charge in [-0.1, -0.05) is 32.1 Å². The second-order valence-corrected chi connectivity index (χ2v) is 19.2. The standard InChI is InChI=1S/C37H62O14P2/c38-34(48-30-16-6-1-7-17-30)26-44-52(42,45-27-35(39)49-31-18-8-2-9-19-31)24-14-5-15-25-53(43,46-28-36(40)50-32-20-10-3-11-21-32)47-29-37(41)51-33-22-12-4-13-23-33/h30-33H,1-29H2. The van der Waals surface area contributed by atoms with Crippen LogP contribution in [0.25, 0.3) is 0 Å². The highest BCUT2D eigenvalue weighted by Gasteiger charge is 2.32. The molecule has 0 amide bonds. The fraction of sp³-hybridized carbons (Fsp3) is 0.892. The summed E-state index contributed by atoms with van der Waals surface area (Å²) < 4.78 is 71.6. The summed E-state index contributed by atoms with van der Waals surface area (Å²) in [4.78, 5) is 50.2. The highest BCUT2D eigenvalue weighted by Crippen LogP contribution is 2.51. The molecule has 53 heavy (non-hydrogen) atoms. The minimum atomic E-state index is -3.96. The van der Waals surface area contributed by atoms with E-state index in [0.29, 0.717) is 6.42 Å². The molecule has 0 N–H and O–H groups in total. The summed E-state index contributed by atoms with van der Waals surface area (Å²) in [7, 11) is -7.92. The van der Waals surface area contributed by atoms with E-state index in [1.54, 1.807) is 0 Å². The van der Waals surface area contributed by atoms with Gasteiger partial charge in [-0.05, 0) is 116 Å². The normalized spacial score (nSPS) is 20.1. The van der Waals surface area contributed by atoms with E-state index in [1.165, 1.54) is 0 Å². The van der Waals surface area contributed by atoms with Crippen molar-refractivity contribution in [1.82, 2.24) is 0 Å². The Morgan fingerprint density at radius 2 is 0.585 bits per heavy atom. The summed E-state index contributed by atoms with van der Waals surface area (Å²) in [6.45, 7) is -2.35. The Labute approximate surface area is 314 Å². The van der Waals surface area contributed by atoms with Crippen LogP contribution in [0.15, 0.2) is 0 Å². The van der Waals surface area contributed by atoms with E-state index in [9.17, 15) is 28.3 Å². The molecule has 0 aromatic carbocycles. The zero-order valence-electron chi connectivity index (χ0n) is 31.4. The van der Waals surface area contributed by atoms with Gasteiger partial charge in [-0.2, -0.15) is 0 Å². The second kappa shape index (κ2) is 24.0. The molecular weight excluding hydrogens is 730 g/mol. The molecule has 14 nitrogen and oxygen atoms in total. The predicted molar refractivity (Wildman–Crippen MR) is 194 cm³/mol. The van der Waals surface area contributed by atoms with Crippen molar-refractivity contribution in [2.45, 2.75) is 172 Å². The summed E-state index contributed by atoms with van der Waals surface area (Å²) in [5.41, 5.74) is 0. The molecule has 4 aliphatic rings. The minimum absolute atomic E-state index is 0.131. The van der Waals surface area contributed by atoms with Gasteiger partial charge in [0.25, 0.3) is 0 Å². The van der Waals surface area contributed by atoms with Crippen molar-refractivity contribution < 1.29 is 65.4 Å². The smallest absolute Gasteiger partial charge is 0.332 e. The molecule has 4 fully saturated rings. The average Bonchev–Trinajstić information content (AvgIpc) is 3.16. The fourth-order valence-corrected chi connectivity index (χ4v) is 10.4. The third-order valence-corrected chi connectivity index (χ3v) is 14.1. The van der Waals surface area contributed by atoms with E-state index in [0.717, 1.165) is 128 Å². The lowest BCUT2D eigenvalue weighted by atomic mass is 9.98. The maximum Gasteiger partial charge on any atom is 0.332 e. The van der Waals surface area contributed by atoms with Crippen LogP contribution in [0.1, 0.15) is 148 Å². The second-order valence-electron chi connectivity index (χ2n) is 14.8. The Balaban J connectivity index is 1.27. The number of unbranched alkanes of at least 4 members (excludes halogenated alkanes) is 2. The quantitative estimate of drug-likeness (QED) is 0.0445. The maximum absolute atomic E-state index is 13.8. The topological polar surface area (TPSA) is 176 Å². The molecular formula is C37H62O14P2. The van der Waals surface area contributed by atoms with Crippen molar-refractivity contribution in [1.29, 1.82) is 0 Å². The summed E-state index contributed by atoms with van der Waals surface area (Å²) in [6, 6.07) is 0. The van der Waals surface area contributed by atoms with E-state index < -0.39 is 65.5 Å². The zero-order valence-corrected chi connectivity index (χ0v) is 33.2. The molecule has 0 bridgehead atoms. The highest BCUT2D eigenvalue weighted by atomic mass is 31.2. The Hall–Kier alpha value is -1.82. The van der Waals surface area contributed by atoms with Gasteiger partial charge in [0.1, 0.15) is 24.4 Å². The Kier molecular flexibility index (Phi) is 19.8. The summed E-state index contributed by atoms with van der Waals surface area (Å²) in [5.74, 6) is -2.59. The van der Waals surface area contributed by atoms with E-state index in [4.69, 9.17) is 37.0 Å². The molecule has 304 valence electrons. The lowest BCUT2D eigenvalue weighted by Gasteiger charge is -2.24. The maximum atomic E-state index is 13.8. The van der Waals surface area contributed by atoms with Crippen LogP contribution in [-0.4, -0.2) is 87.0 Å². The first-order valence-corrected chi connectivity index (χ1v) is 23.6. The van der Waals surface area contributed by atoms with Crippen LogP contribution >= 0.6 is 15.2 Å². The van der Waals surface area contributed by atoms with Crippen LogP contribution in [0.5, 0.6) is 0 Å². The Morgan fingerprint density at radius 3 is 0.811 bits per heavy atom. The van der Waals surface area contributed by atoms with Crippen LogP contribution in [0, 0.1) is 0 Å². The van der Waals surface area contributed by atoms with Crippen molar-refractivity contribution >= 4 is 39.1 Å². The molecule has 16 heteroatoms. The predicted octanol–water partition coefficient (Wildman–Crippen LogP) is 8.11. The molecule has 0 spiro atoms. The van der Waals surface area contributed by atoms with Gasteiger partial charge in [0, 0.05) is 0 Å². The monoisotopic (exact) mass is 792 g/mol. The van der Waals surface area contributed by atoms with Crippen LogP contribution in [0.4, 0.5) is 0 Å². The summed E-state index contributed by atoms with van der Waals surface area (Å²) in [5, 5.41) is 0. The molecule has 0 unspecified atom stereocenters. The van der Waals surface area contributed by atoms with Gasteiger partial charge in [0.05, 0.1) is 12.3 Å². The number of carbonyl (C=O) groups is 4. The summed E-state index contributed by atoms with van der Waals surface area (Å²) >= 11 is 0. The molecule has 0 aromatic heterocycles. The zero-order chi connectivity index (χ0) is 37.8. The van der Waals surface area contributed by atoms with Gasteiger partial charge in [0.15, 0.2) is 26.4 Å². The first-order chi connectivity index (χ1) is 25.6. The van der Waals surface area contributed by atoms with Crippen molar-refractivity contribution in [2.75, 3.05) is 38.8 Å². The number of hydrogen-bond donors (Lipinski definition) is 0. The largest absolute Gasteiger partial charge is 0.461 e. The van der Waals surface area contributed by atoms with Crippen LogP contribution in [-0.2, 0) is 65.4 Å². The van der Waals surface area contributed by atoms with Gasteiger partial charge >= 0.3 is 39.1 Å². The Bertz CT molecular complexity index is 1050. The molecule has 0 aliphatic heterocycles. The van der Waals surface area contributed by atoms with E-state index in [-0.39, 0.29) is 49.6 Å². The van der Waals surface area contributed by atoms with Crippen LogP contribution < -0.4 is 0 Å². The van der Waals surface area contributed by atoms with Gasteiger partial charge in [-0.15, -0.1) is 0 Å². The first-order valence-electron chi connectivity index (χ1n) is 20.1. The van der Waals surface area contributed by atoms with Crippen LogP contribution in [0.3, 0.4) is 0 Å². The third-order valence-electron chi connectivity index (χ3n) is 10.3. The van der Waals surface area contributed by atoms with Gasteiger partial charge in [-0.3, -0.25) is 27.2 Å². The van der Waals surface area contributed by atoms with Crippen molar-refractivity contribution in [3.63, 3.8) is 0 Å². The lowest BCUT2D eigenvalue weighted by molar-refractivity contribution is -0.155. The molecule has 4 aliphatic carbocycles. The minimum Gasteiger partial charge on any atom is -0.461 e. The molecule has 0 atom stereocenters. The number of esters is 4. The van der Waals surface area contributed by atoms with E-state index >= 15 is 0 Å². The van der Waals surface area contributed by atoms with Crippen molar-refractivity contribution in [2.24, 2.45) is 0 Å².